The Hall–Kier alpha value is -1.35. The number of hydrogen-bond acceptors (Lipinski definition) is 2. The van der Waals surface area contributed by atoms with E-state index < -0.39 is 5.60 Å². The summed E-state index contributed by atoms with van der Waals surface area (Å²) in [6.45, 7) is 5.11. The lowest BCUT2D eigenvalue weighted by Gasteiger charge is -2.19. The van der Waals surface area contributed by atoms with Crippen LogP contribution in [0.25, 0.3) is 0 Å². The summed E-state index contributed by atoms with van der Waals surface area (Å²) >= 11 is 0. The van der Waals surface area contributed by atoms with Gasteiger partial charge in [0.05, 0.1) is 12.0 Å². The highest BCUT2D eigenvalue weighted by Crippen LogP contribution is 2.21. The number of β-amino-alcohol motifs (C(OH)–C–C–N with tert-alkyl or cyclic N) is 1. The fraction of sp³-hybridized carbons (Fsp3) is 0.588. The van der Waals surface area contributed by atoms with Crippen LogP contribution < -0.4 is 0 Å². The molecule has 0 spiro atoms. The first kappa shape index (κ1) is 15.0. The molecule has 3 heteroatoms. The zero-order valence-corrected chi connectivity index (χ0v) is 12.6. The molecule has 1 saturated heterocycles. The van der Waals surface area contributed by atoms with E-state index in [1.165, 1.54) is 18.4 Å². The molecule has 1 fully saturated rings. The zero-order chi connectivity index (χ0) is 14.6. The second kappa shape index (κ2) is 6.40. The van der Waals surface area contributed by atoms with Crippen LogP contribution in [-0.4, -0.2) is 34.6 Å². The van der Waals surface area contributed by atoms with Gasteiger partial charge < -0.3 is 10.0 Å². The molecule has 0 saturated carbocycles. The molecule has 110 valence electrons. The Morgan fingerprint density at radius 1 is 1.30 bits per heavy atom. The zero-order valence-electron chi connectivity index (χ0n) is 12.6. The van der Waals surface area contributed by atoms with Crippen LogP contribution in [0.1, 0.15) is 44.2 Å². The number of aliphatic hydroxyl groups is 1. The maximum absolute atomic E-state index is 12.2. The van der Waals surface area contributed by atoms with Gasteiger partial charge in [0, 0.05) is 13.1 Å². The summed E-state index contributed by atoms with van der Waals surface area (Å²) in [5.74, 6) is 0.115. The van der Waals surface area contributed by atoms with Crippen LogP contribution in [0.5, 0.6) is 0 Å². The fourth-order valence-corrected chi connectivity index (χ4v) is 2.65. The van der Waals surface area contributed by atoms with Gasteiger partial charge in [-0.25, -0.2) is 0 Å². The number of amides is 1. The van der Waals surface area contributed by atoms with Crippen molar-refractivity contribution in [3.05, 3.63) is 35.4 Å². The van der Waals surface area contributed by atoms with E-state index in [-0.39, 0.29) is 5.91 Å². The summed E-state index contributed by atoms with van der Waals surface area (Å²) in [7, 11) is 0. The first-order valence-corrected chi connectivity index (χ1v) is 7.58. The minimum atomic E-state index is -0.709. The van der Waals surface area contributed by atoms with Gasteiger partial charge in [0.1, 0.15) is 0 Å². The number of unbranched alkanes of at least 4 members (excludes halogenated alkanes) is 1. The standard InChI is InChI=1S/C17H25NO2/c1-3-4-5-14-6-8-15(9-7-14)12-16(19)18-11-10-17(2,20)13-18/h6-9,20H,3-5,10-13H2,1-2H3. The fourth-order valence-electron chi connectivity index (χ4n) is 2.65. The third-order valence-electron chi connectivity index (χ3n) is 4.00. The van der Waals surface area contributed by atoms with Crippen LogP contribution in [0.3, 0.4) is 0 Å². The normalized spacial score (nSPS) is 22.2. The van der Waals surface area contributed by atoms with Crippen LogP contribution in [0.15, 0.2) is 24.3 Å². The largest absolute Gasteiger partial charge is 0.388 e. The Morgan fingerprint density at radius 2 is 1.95 bits per heavy atom. The summed E-state index contributed by atoms with van der Waals surface area (Å²) in [4.78, 5) is 13.9. The molecule has 1 heterocycles. The molecule has 1 unspecified atom stereocenters. The maximum atomic E-state index is 12.2. The minimum Gasteiger partial charge on any atom is -0.388 e. The lowest BCUT2D eigenvalue weighted by atomic mass is 10.0. The highest BCUT2D eigenvalue weighted by Gasteiger charge is 2.33. The van der Waals surface area contributed by atoms with Gasteiger partial charge in [-0.3, -0.25) is 4.79 Å². The molecule has 1 aliphatic rings. The van der Waals surface area contributed by atoms with Crippen molar-refractivity contribution in [1.82, 2.24) is 4.90 Å². The van der Waals surface area contributed by atoms with Crippen LogP contribution >= 0.6 is 0 Å². The van der Waals surface area contributed by atoms with Gasteiger partial charge in [-0.15, -0.1) is 0 Å². The molecule has 0 aliphatic carbocycles. The Balaban J connectivity index is 1.88. The molecular weight excluding hydrogens is 250 g/mol. The van der Waals surface area contributed by atoms with E-state index in [1.807, 2.05) is 0 Å². The predicted molar refractivity (Wildman–Crippen MR) is 80.6 cm³/mol. The second-order valence-electron chi connectivity index (χ2n) is 6.16. The van der Waals surface area contributed by atoms with Gasteiger partial charge >= 0.3 is 0 Å². The molecule has 0 radical (unpaired) electrons. The Bertz CT molecular complexity index is 451. The van der Waals surface area contributed by atoms with Gasteiger partial charge in [-0.05, 0) is 37.3 Å². The van der Waals surface area contributed by atoms with E-state index in [0.29, 0.717) is 25.9 Å². The van der Waals surface area contributed by atoms with Crippen molar-refractivity contribution >= 4 is 5.91 Å². The van der Waals surface area contributed by atoms with Crippen LogP contribution in [0.2, 0.25) is 0 Å². The highest BCUT2D eigenvalue weighted by atomic mass is 16.3. The molecule has 1 aromatic carbocycles. The van der Waals surface area contributed by atoms with E-state index in [1.54, 1.807) is 11.8 Å². The topological polar surface area (TPSA) is 40.5 Å². The Kier molecular flexibility index (Phi) is 4.81. The molecule has 1 N–H and O–H groups in total. The minimum absolute atomic E-state index is 0.115. The lowest BCUT2D eigenvalue weighted by molar-refractivity contribution is -0.130. The third kappa shape index (κ3) is 4.07. The summed E-state index contributed by atoms with van der Waals surface area (Å²) in [5.41, 5.74) is 1.69. The van der Waals surface area contributed by atoms with Crippen molar-refractivity contribution in [3.63, 3.8) is 0 Å². The average molecular weight is 275 g/mol. The summed E-state index contributed by atoms with van der Waals surface area (Å²) < 4.78 is 0. The SMILES string of the molecule is CCCCc1ccc(CC(=O)N2CCC(C)(O)C2)cc1. The van der Waals surface area contributed by atoms with Gasteiger partial charge in [0.15, 0.2) is 0 Å². The summed E-state index contributed by atoms with van der Waals surface area (Å²) in [5, 5.41) is 9.90. The van der Waals surface area contributed by atoms with E-state index in [4.69, 9.17) is 0 Å². The van der Waals surface area contributed by atoms with Crippen molar-refractivity contribution in [2.24, 2.45) is 0 Å². The number of nitrogens with zero attached hydrogens (tertiary/aromatic N) is 1. The van der Waals surface area contributed by atoms with E-state index >= 15 is 0 Å². The molecular formula is C17H25NO2. The molecule has 1 amide bonds. The number of likely N-dealkylation sites (tertiary alicyclic amines) is 1. The first-order valence-electron chi connectivity index (χ1n) is 7.58. The third-order valence-corrected chi connectivity index (χ3v) is 4.00. The average Bonchev–Trinajstić information content (AvgIpc) is 2.78. The molecule has 1 aliphatic heterocycles. The molecule has 3 nitrogen and oxygen atoms in total. The van der Waals surface area contributed by atoms with Crippen LogP contribution in [0.4, 0.5) is 0 Å². The number of benzene rings is 1. The monoisotopic (exact) mass is 275 g/mol. The highest BCUT2D eigenvalue weighted by molar-refractivity contribution is 5.79. The van der Waals surface area contributed by atoms with Crippen molar-refractivity contribution in [2.45, 2.75) is 51.6 Å². The number of aryl methyl sites for hydroxylation is 1. The van der Waals surface area contributed by atoms with E-state index in [9.17, 15) is 9.90 Å². The Labute approximate surface area is 121 Å². The molecule has 20 heavy (non-hydrogen) atoms. The van der Waals surface area contributed by atoms with Crippen LogP contribution in [0, 0.1) is 0 Å². The van der Waals surface area contributed by atoms with Crippen molar-refractivity contribution < 1.29 is 9.90 Å². The van der Waals surface area contributed by atoms with Gasteiger partial charge in [-0.2, -0.15) is 0 Å². The van der Waals surface area contributed by atoms with E-state index in [0.717, 1.165) is 12.0 Å². The van der Waals surface area contributed by atoms with Crippen molar-refractivity contribution in [1.29, 1.82) is 0 Å². The number of hydrogen-bond donors (Lipinski definition) is 1. The smallest absolute Gasteiger partial charge is 0.227 e. The van der Waals surface area contributed by atoms with Gasteiger partial charge in [-0.1, -0.05) is 37.6 Å². The maximum Gasteiger partial charge on any atom is 0.227 e. The lowest BCUT2D eigenvalue weighted by Crippen LogP contribution is -2.34. The number of rotatable bonds is 5. The molecule has 0 aromatic heterocycles. The molecule has 2 rings (SSSR count). The molecule has 1 aromatic rings. The van der Waals surface area contributed by atoms with Crippen molar-refractivity contribution in [3.8, 4) is 0 Å². The number of carbonyl (C=O) groups excluding carboxylic acids is 1. The van der Waals surface area contributed by atoms with Crippen LogP contribution in [-0.2, 0) is 17.6 Å². The Morgan fingerprint density at radius 3 is 2.50 bits per heavy atom. The van der Waals surface area contributed by atoms with Gasteiger partial charge in [0.2, 0.25) is 5.91 Å². The summed E-state index contributed by atoms with van der Waals surface area (Å²) in [6, 6.07) is 8.35. The summed E-state index contributed by atoms with van der Waals surface area (Å²) in [6.07, 6.45) is 4.63. The molecule has 1 atom stereocenters. The van der Waals surface area contributed by atoms with E-state index in [2.05, 4.69) is 31.2 Å². The first-order chi connectivity index (χ1) is 9.50. The molecule has 0 bridgehead atoms. The number of carbonyl (C=O) groups is 1. The quantitative estimate of drug-likeness (QED) is 0.897. The predicted octanol–water partition coefficient (Wildman–Crippen LogP) is 2.56. The second-order valence-corrected chi connectivity index (χ2v) is 6.16. The van der Waals surface area contributed by atoms with Gasteiger partial charge in [0.25, 0.3) is 0 Å². The van der Waals surface area contributed by atoms with Crippen molar-refractivity contribution in [2.75, 3.05) is 13.1 Å².